The van der Waals surface area contributed by atoms with Gasteiger partial charge in [-0.25, -0.2) is 4.39 Å². The highest BCUT2D eigenvalue weighted by molar-refractivity contribution is 5.72. The molecular weight excluding hydrogens is 399 g/mol. The standard InChI is InChI=1S/C24H29FN2O4/c1-16-22(28)12-23(31-15-20-14-29-9-10-30-20)27-8-6-17-11-19(4-5-21(17)24(16)27)26-7-2-3-18(25)13-26/h4-5,11-12,18,20H,2-3,6-10,13-15H2,1H3/t18?,20-/m0/s1. The molecule has 2 saturated heterocycles. The molecule has 2 atom stereocenters. The third kappa shape index (κ3) is 4.08. The van der Waals surface area contributed by atoms with Gasteiger partial charge in [0.25, 0.3) is 0 Å². The lowest BCUT2D eigenvalue weighted by Crippen LogP contribution is -2.36. The number of hydrogen-bond donors (Lipinski definition) is 0. The van der Waals surface area contributed by atoms with Crippen molar-refractivity contribution in [3.8, 4) is 17.1 Å². The molecular formula is C24H29FN2O4. The number of aromatic nitrogens is 1. The first-order valence-corrected chi connectivity index (χ1v) is 11.2. The van der Waals surface area contributed by atoms with Crippen molar-refractivity contribution in [3.05, 3.63) is 45.6 Å². The van der Waals surface area contributed by atoms with Gasteiger partial charge in [-0.3, -0.25) is 4.79 Å². The van der Waals surface area contributed by atoms with E-state index < -0.39 is 6.17 Å². The highest BCUT2D eigenvalue weighted by Gasteiger charge is 2.25. The predicted molar refractivity (Wildman–Crippen MR) is 117 cm³/mol. The summed E-state index contributed by atoms with van der Waals surface area (Å²) < 4.78 is 33.1. The monoisotopic (exact) mass is 428 g/mol. The first-order valence-electron chi connectivity index (χ1n) is 11.2. The second-order valence-corrected chi connectivity index (χ2v) is 8.63. The molecule has 7 heteroatoms. The molecule has 31 heavy (non-hydrogen) atoms. The van der Waals surface area contributed by atoms with Crippen molar-refractivity contribution in [2.75, 3.05) is 44.4 Å². The summed E-state index contributed by atoms with van der Waals surface area (Å²) in [7, 11) is 0. The van der Waals surface area contributed by atoms with Crippen LogP contribution in [0.15, 0.2) is 29.1 Å². The Bertz CT molecular complexity index is 1020. The van der Waals surface area contributed by atoms with E-state index in [1.807, 2.05) is 6.92 Å². The molecule has 0 spiro atoms. The van der Waals surface area contributed by atoms with Gasteiger partial charge in [0.2, 0.25) is 0 Å². The number of ether oxygens (including phenoxy) is 3. The molecule has 1 aromatic heterocycles. The second-order valence-electron chi connectivity index (χ2n) is 8.63. The fourth-order valence-corrected chi connectivity index (χ4v) is 4.83. The summed E-state index contributed by atoms with van der Waals surface area (Å²) in [5.41, 5.74) is 4.92. The van der Waals surface area contributed by atoms with Gasteiger partial charge in [-0.1, -0.05) is 6.07 Å². The average molecular weight is 429 g/mol. The van der Waals surface area contributed by atoms with Crippen LogP contribution in [-0.2, 0) is 22.4 Å². The molecule has 2 aromatic rings. The number of pyridine rings is 1. The normalized spacial score (nSPS) is 23.2. The third-order valence-electron chi connectivity index (χ3n) is 6.50. The maximum atomic E-state index is 13.9. The molecule has 6 nitrogen and oxygen atoms in total. The number of anilines is 1. The van der Waals surface area contributed by atoms with Gasteiger partial charge in [0, 0.05) is 42.5 Å². The Labute approximate surface area is 181 Å². The van der Waals surface area contributed by atoms with Crippen molar-refractivity contribution in [3.63, 3.8) is 0 Å². The maximum absolute atomic E-state index is 13.9. The number of alkyl halides is 1. The van der Waals surface area contributed by atoms with Gasteiger partial charge in [0.15, 0.2) is 11.3 Å². The molecule has 2 fully saturated rings. The fourth-order valence-electron chi connectivity index (χ4n) is 4.83. The van der Waals surface area contributed by atoms with Crippen molar-refractivity contribution in [2.24, 2.45) is 0 Å². The number of aryl methyl sites for hydroxylation is 1. The predicted octanol–water partition coefficient (Wildman–Crippen LogP) is 3.11. The summed E-state index contributed by atoms with van der Waals surface area (Å²) >= 11 is 0. The van der Waals surface area contributed by atoms with Crippen LogP contribution in [0.2, 0.25) is 0 Å². The van der Waals surface area contributed by atoms with Crippen molar-refractivity contribution in [2.45, 2.75) is 45.0 Å². The van der Waals surface area contributed by atoms with Crippen LogP contribution in [0.1, 0.15) is 24.0 Å². The van der Waals surface area contributed by atoms with Gasteiger partial charge in [-0.15, -0.1) is 0 Å². The zero-order valence-corrected chi connectivity index (χ0v) is 17.9. The van der Waals surface area contributed by atoms with Gasteiger partial charge in [-0.05, 0) is 43.9 Å². The summed E-state index contributed by atoms with van der Waals surface area (Å²) in [6.07, 6.45) is 1.49. The van der Waals surface area contributed by atoms with E-state index in [2.05, 4.69) is 27.7 Å². The molecule has 0 aliphatic carbocycles. The molecule has 166 valence electrons. The largest absolute Gasteiger partial charge is 0.476 e. The van der Waals surface area contributed by atoms with E-state index >= 15 is 0 Å². The maximum Gasteiger partial charge on any atom is 0.197 e. The molecule has 1 unspecified atom stereocenters. The number of rotatable bonds is 4. The van der Waals surface area contributed by atoms with Crippen LogP contribution < -0.4 is 15.1 Å². The smallest absolute Gasteiger partial charge is 0.197 e. The van der Waals surface area contributed by atoms with E-state index in [9.17, 15) is 9.18 Å². The lowest BCUT2D eigenvalue weighted by molar-refractivity contribution is -0.102. The zero-order valence-electron chi connectivity index (χ0n) is 17.9. The quantitative estimate of drug-likeness (QED) is 0.749. The van der Waals surface area contributed by atoms with E-state index in [4.69, 9.17) is 14.2 Å². The molecule has 5 rings (SSSR count). The van der Waals surface area contributed by atoms with Crippen LogP contribution in [0.25, 0.3) is 11.3 Å². The van der Waals surface area contributed by atoms with Crippen LogP contribution in [-0.4, -0.2) is 56.4 Å². The fraction of sp³-hybridized carbons (Fsp3) is 0.542. The Hall–Kier alpha value is -2.38. The summed E-state index contributed by atoms with van der Waals surface area (Å²) in [6, 6.07) is 7.88. The first-order chi connectivity index (χ1) is 15.1. The van der Waals surface area contributed by atoms with Gasteiger partial charge in [0.1, 0.15) is 18.9 Å². The highest BCUT2D eigenvalue weighted by atomic mass is 19.1. The molecule has 3 aliphatic rings. The van der Waals surface area contributed by atoms with E-state index in [0.717, 1.165) is 48.4 Å². The minimum Gasteiger partial charge on any atom is -0.476 e. The number of benzene rings is 1. The van der Waals surface area contributed by atoms with E-state index in [-0.39, 0.29) is 11.5 Å². The number of nitrogens with zero attached hydrogens (tertiary/aromatic N) is 2. The Morgan fingerprint density at radius 3 is 2.94 bits per heavy atom. The van der Waals surface area contributed by atoms with Gasteiger partial charge in [0.05, 0.1) is 25.5 Å². The summed E-state index contributed by atoms with van der Waals surface area (Å²) in [4.78, 5) is 14.9. The van der Waals surface area contributed by atoms with E-state index in [0.29, 0.717) is 45.3 Å². The Balaban J connectivity index is 1.45. The minimum absolute atomic E-state index is 0.0321. The van der Waals surface area contributed by atoms with Crippen LogP contribution in [0.3, 0.4) is 0 Å². The zero-order chi connectivity index (χ0) is 21.4. The molecule has 0 saturated carbocycles. The number of hydrogen-bond acceptors (Lipinski definition) is 5. The molecule has 0 bridgehead atoms. The lowest BCUT2D eigenvalue weighted by Gasteiger charge is -2.33. The Morgan fingerprint density at radius 2 is 2.13 bits per heavy atom. The topological polar surface area (TPSA) is 52.9 Å². The van der Waals surface area contributed by atoms with Crippen LogP contribution >= 0.6 is 0 Å². The molecule has 0 N–H and O–H groups in total. The van der Waals surface area contributed by atoms with Crippen LogP contribution in [0, 0.1) is 6.92 Å². The van der Waals surface area contributed by atoms with Crippen molar-refractivity contribution in [1.82, 2.24) is 4.57 Å². The minimum atomic E-state index is -0.760. The summed E-state index contributed by atoms with van der Waals surface area (Å²) in [6.45, 7) is 5.98. The second kappa shape index (κ2) is 8.63. The lowest BCUT2D eigenvalue weighted by atomic mass is 9.93. The van der Waals surface area contributed by atoms with E-state index in [1.54, 1.807) is 6.07 Å². The Kier molecular flexibility index (Phi) is 5.71. The van der Waals surface area contributed by atoms with Crippen LogP contribution in [0.5, 0.6) is 5.88 Å². The van der Waals surface area contributed by atoms with Gasteiger partial charge < -0.3 is 23.7 Å². The Morgan fingerprint density at radius 1 is 1.23 bits per heavy atom. The van der Waals surface area contributed by atoms with Gasteiger partial charge >= 0.3 is 0 Å². The number of halogens is 1. The van der Waals surface area contributed by atoms with Crippen LogP contribution in [0.4, 0.5) is 10.1 Å². The molecule has 1 aromatic carbocycles. The average Bonchev–Trinajstić information content (AvgIpc) is 2.80. The molecule has 4 heterocycles. The highest BCUT2D eigenvalue weighted by Crippen LogP contribution is 2.36. The third-order valence-corrected chi connectivity index (χ3v) is 6.50. The summed E-state index contributed by atoms with van der Waals surface area (Å²) in [5, 5.41) is 0. The molecule has 0 amide bonds. The number of piperidine rings is 1. The summed E-state index contributed by atoms with van der Waals surface area (Å²) in [5.74, 6) is 0.575. The first kappa shape index (κ1) is 20.5. The molecule has 0 radical (unpaired) electrons. The molecule has 3 aliphatic heterocycles. The SMILES string of the molecule is Cc1c2n(c(OC[C@@H]3COCCO3)cc1=O)CCc1cc(N3CCCC(F)C3)ccc1-2. The van der Waals surface area contributed by atoms with Crippen molar-refractivity contribution >= 4 is 5.69 Å². The van der Waals surface area contributed by atoms with Gasteiger partial charge in [-0.2, -0.15) is 0 Å². The van der Waals surface area contributed by atoms with Crippen molar-refractivity contribution in [1.29, 1.82) is 0 Å². The number of fused-ring (bicyclic) bond motifs is 3. The van der Waals surface area contributed by atoms with Crippen molar-refractivity contribution < 1.29 is 18.6 Å². The van der Waals surface area contributed by atoms with E-state index in [1.165, 1.54) is 5.56 Å².